The Balaban J connectivity index is 2.11. The van der Waals surface area contributed by atoms with E-state index in [1.807, 2.05) is 13.8 Å². The molecule has 5 nitrogen and oxygen atoms in total. The lowest BCUT2D eigenvalue weighted by Gasteiger charge is -2.14. The standard InChI is InChI=1S/C18H20F2N2O3/c1-4-25-15(23)9-22-17(24)12-6-5-11(14-8-18(14,19)20)7-13(12)16(21-22)10(2)3/h5-7,10,14H,4,8-9H2,1-3H3. The summed E-state index contributed by atoms with van der Waals surface area (Å²) >= 11 is 0. The Kier molecular flexibility index (Phi) is 4.34. The molecule has 0 spiro atoms. The number of aromatic nitrogens is 2. The Labute approximate surface area is 143 Å². The number of esters is 1. The molecule has 0 saturated heterocycles. The van der Waals surface area contributed by atoms with Crippen LogP contribution in [0.15, 0.2) is 23.0 Å². The second-order valence-corrected chi connectivity index (χ2v) is 6.63. The minimum atomic E-state index is -2.67. The minimum Gasteiger partial charge on any atom is -0.465 e. The maximum Gasteiger partial charge on any atom is 0.327 e. The van der Waals surface area contributed by atoms with Crippen LogP contribution in [-0.2, 0) is 16.1 Å². The molecule has 1 unspecified atom stereocenters. The number of hydrogen-bond donors (Lipinski definition) is 0. The zero-order valence-electron chi connectivity index (χ0n) is 14.4. The zero-order chi connectivity index (χ0) is 18.4. The molecule has 0 N–H and O–H groups in total. The van der Waals surface area contributed by atoms with E-state index < -0.39 is 23.4 Å². The first kappa shape index (κ1) is 17.5. The quantitative estimate of drug-likeness (QED) is 0.777. The lowest BCUT2D eigenvalue weighted by atomic mass is 9.99. The fourth-order valence-electron chi connectivity index (χ4n) is 2.98. The van der Waals surface area contributed by atoms with E-state index in [-0.39, 0.29) is 25.5 Å². The molecule has 3 rings (SSSR count). The Hall–Kier alpha value is -2.31. The molecule has 0 bridgehead atoms. The lowest BCUT2D eigenvalue weighted by molar-refractivity contribution is -0.144. The summed E-state index contributed by atoms with van der Waals surface area (Å²) in [5.74, 6) is -4.04. The fraction of sp³-hybridized carbons (Fsp3) is 0.500. The van der Waals surface area contributed by atoms with Crippen LogP contribution in [0.25, 0.3) is 10.8 Å². The van der Waals surface area contributed by atoms with Crippen molar-refractivity contribution in [1.82, 2.24) is 9.78 Å². The van der Waals surface area contributed by atoms with Gasteiger partial charge in [0.1, 0.15) is 6.54 Å². The normalized spacial score (nSPS) is 18.6. The highest BCUT2D eigenvalue weighted by Gasteiger charge is 2.57. The average Bonchev–Trinajstić information content (AvgIpc) is 3.18. The van der Waals surface area contributed by atoms with Crippen molar-refractivity contribution in [3.05, 3.63) is 39.8 Å². The second kappa shape index (κ2) is 6.20. The van der Waals surface area contributed by atoms with Crippen molar-refractivity contribution >= 4 is 16.7 Å². The molecule has 1 aromatic carbocycles. The summed E-state index contributed by atoms with van der Waals surface area (Å²) in [5, 5.41) is 5.24. The number of benzene rings is 1. The summed E-state index contributed by atoms with van der Waals surface area (Å²) in [4.78, 5) is 24.3. The molecule has 0 amide bonds. The van der Waals surface area contributed by atoms with Crippen molar-refractivity contribution in [2.24, 2.45) is 0 Å². The van der Waals surface area contributed by atoms with E-state index in [9.17, 15) is 18.4 Å². The molecule has 0 radical (unpaired) electrons. The van der Waals surface area contributed by atoms with E-state index in [4.69, 9.17) is 4.74 Å². The highest BCUT2D eigenvalue weighted by molar-refractivity contribution is 5.85. The van der Waals surface area contributed by atoms with Crippen molar-refractivity contribution in [3.63, 3.8) is 0 Å². The van der Waals surface area contributed by atoms with Crippen LogP contribution >= 0.6 is 0 Å². The molecule has 1 fully saturated rings. The molecule has 1 saturated carbocycles. The Morgan fingerprint density at radius 3 is 2.64 bits per heavy atom. The van der Waals surface area contributed by atoms with Gasteiger partial charge in [-0.1, -0.05) is 19.9 Å². The van der Waals surface area contributed by atoms with Gasteiger partial charge in [-0.2, -0.15) is 5.10 Å². The van der Waals surface area contributed by atoms with Gasteiger partial charge < -0.3 is 4.74 Å². The van der Waals surface area contributed by atoms with Crippen LogP contribution in [0.2, 0.25) is 0 Å². The van der Waals surface area contributed by atoms with E-state index in [0.29, 0.717) is 22.0 Å². The van der Waals surface area contributed by atoms with Crippen LogP contribution < -0.4 is 5.56 Å². The molecule has 0 aliphatic heterocycles. The van der Waals surface area contributed by atoms with Crippen molar-refractivity contribution in [1.29, 1.82) is 0 Å². The van der Waals surface area contributed by atoms with E-state index >= 15 is 0 Å². The first-order valence-electron chi connectivity index (χ1n) is 8.32. The summed E-state index contributed by atoms with van der Waals surface area (Å²) in [7, 11) is 0. The van der Waals surface area contributed by atoms with E-state index in [1.54, 1.807) is 25.1 Å². The van der Waals surface area contributed by atoms with Gasteiger partial charge in [0.2, 0.25) is 0 Å². The van der Waals surface area contributed by atoms with E-state index in [2.05, 4.69) is 5.10 Å². The molecular weight excluding hydrogens is 330 g/mol. The zero-order valence-corrected chi connectivity index (χ0v) is 14.4. The van der Waals surface area contributed by atoms with Crippen molar-refractivity contribution in [2.45, 2.75) is 51.5 Å². The van der Waals surface area contributed by atoms with Gasteiger partial charge in [0.05, 0.1) is 23.6 Å². The Morgan fingerprint density at radius 1 is 1.40 bits per heavy atom. The van der Waals surface area contributed by atoms with Crippen molar-refractivity contribution in [2.75, 3.05) is 6.61 Å². The summed E-state index contributed by atoms with van der Waals surface area (Å²) in [6.45, 7) is 5.43. The van der Waals surface area contributed by atoms with E-state index in [1.165, 1.54) is 0 Å². The van der Waals surface area contributed by atoms with Gasteiger partial charge in [-0.3, -0.25) is 9.59 Å². The van der Waals surface area contributed by atoms with Crippen LogP contribution in [0.1, 0.15) is 50.3 Å². The van der Waals surface area contributed by atoms with Crippen LogP contribution in [0, 0.1) is 0 Å². The SMILES string of the molecule is CCOC(=O)Cn1nc(C(C)C)c2cc(C3CC3(F)F)ccc2c1=O. The Bertz CT molecular complexity index is 890. The Morgan fingerprint density at radius 2 is 2.08 bits per heavy atom. The molecule has 25 heavy (non-hydrogen) atoms. The van der Waals surface area contributed by atoms with Crippen LogP contribution in [0.5, 0.6) is 0 Å². The number of carbonyl (C=O) groups is 1. The van der Waals surface area contributed by atoms with Gasteiger partial charge in [-0.25, -0.2) is 13.5 Å². The molecule has 1 atom stereocenters. The number of alkyl halides is 2. The highest BCUT2D eigenvalue weighted by Crippen LogP contribution is 2.55. The van der Waals surface area contributed by atoms with Crippen LogP contribution in [0.3, 0.4) is 0 Å². The monoisotopic (exact) mass is 350 g/mol. The summed E-state index contributed by atoms with van der Waals surface area (Å²) in [6.07, 6.45) is -0.164. The lowest BCUT2D eigenvalue weighted by Crippen LogP contribution is -2.29. The fourth-order valence-corrected chi connectivity index (χ4v) is 2.98. The topological polar surface area (TPSA) is 61.2 Å². The molecule has 134 valence electrons. The molecule has 7 heteroatoms. The van der Waals surface area contributed by atoms with Crippen LogP contribution in [-0.4, -0.2) is 28.3 Å². The average molecular weight is 350 g/mol. The molecule has 1 aliphatic rings. The number of hydrogen-bond acceptors (Lipinski definition) is 4. The first-order valence-corrected chi connectivity index (χ1v) is 8.32. The highest BCUT2D eigenvalue weighted by atomic mass is 19.3. The number of ether oxygens (including phenoxy) is 1. The van der Waals surface area contributed by atoms with Gasteiger partial charge in [-0.15, -0.1) is 0 Å². The van der Waals surface area contributed by atoms with Gasteiger partial charge in [0.25, 0.3) is 11.5 Å². The summed E-state index contributed by atoms with van der Waals surface area (Å²) in [6, 6.07) is 4.75. The van der Waals surface area contributed by atoms with E-state index in [0.717, 1.165) is 4.68 Å². The molecule has 1 heterocycles. The van der Waals surface area contributed by atoms with Gasteiger partial charge in [-0.05, 0) is 30.5 Å². The van der Waals surface area contributed by atoms with Crippen molar-refractivity contribution in [3.8, 4) is 0 Å². The maximum atomic E-state index is 13.4. The molecule has 1 aromatic heterocycles. The molecule has 2 aromatic rings. The van der Waals surface area contributed by atoms with Crippen LogP contribution in [0.4, 0.5) is 8.78 Å². The molecular formula is C18H20F2N2O3. The van der Waals surface area contributed by atoms with Gasteiger partial charge in [0, 0.05) is 11.8 Å². The third kappa shape index (κ3) is 3.27. The van der Waals surface area contributed by atoms with Gasteiger partial charge in [0.15, 0.2) is 0 Å². The number of halogens is 2. The number of fused-ring (bicyclic) bond motifs is 1. The first-order chi connectivity index (χ1) is 11.7. The number of carbonyl (C=O) groups excluding carboxylic acids is 1. The predicted molar refractivity (Wildman–Crippen MR) is 89.0 cm³/mol. The third-order valence-corrected chi connectivity index (χ3v) is 4.37. The maximum absolute atomic E-state index is 13.4. The predicted octanol–water partition coefficient (Wildman–Crippen LogP) is 3.21. The third-order valence-electron chi connectivity index (χ3n) is 4.37. The summed E-state index contributed by atoms with van der Waals surface area (Å²) < 4.78 is 32.7. The number of nitrogens with zero attached hydrogens (tertiary/aromatic N) is 2. The molecule has 1 aliphatic carbocycles. The summed E-state index contributed by atoms with van der Waals surface area (Å²) in [5.41, 5.74) is 0.690. The second-order valence-electron chi connectivity index (χ2n) is 6.63. The van der Waals surface area contributed by atoms with Gasteiger partial charge >= 0.3 is 5.97 Å². The smallest absolute Gasteiger partial charge is 0.327 e. The number of rotatable bonds is 5. The largest absolute Gasteiger partial charge is 0.465 e. The minimum absolute atomic E-state index is 0.0356. The van der Waals surface area contributed by atoms with Crippen molar-refractivity contribution < 1.29 is 18.3 Å².